The highest BCUT2D eigenvalue weighted by Gasteiger charge is 2.13. The normalized spacial score (nSPS) is 11.0. The van der Waals surface area contributed by atoms with Crippen LogP contribution in [0, 0.1) is 13.8 Å². The fourth-order valence-electron chi connectivity index (χ4n) is 5.00. The van der Waals surface area contributed by atoms with Crippen LogP contribution < -0.4 is 5.32 Å². The van der Waals surface area contributed by atoms with Gasteiger partial charge in [-0.05, 0) is 66.6 Å². The molecule has 2 heterocycles. The zero-order valence-electron chi connectivity index (χ0n) is 22.4. The van der Waals surface area contributed by atoms with Crippen LogP contribution in [-0.4, -0.2) is 0 Å². The Morgan fingerprint density at radius 2 is 1.24 bits per heavy atom. The van der Waals surface area contributed by atoms with E-state index < -0.39 is 0 Å². The Hall–Kier alpha value is -3.40. The summed E-state index contributed by atoms with van der Waals surface area (Å²) in [6, 6.07) is 31.4. The average Bonchev–Trinajstić information content (AvgIpc) is 3.48. The molecule has 37 heavy (non-hydrogen) atoms. The molecule has 5 aromatic carbocycles. The van der Waals surface area contributed by atoms with Crippen LogP contribution in [0.3, 0.4) is 0 Å². The lowest BCUT2D eigenvalue weighted by Crippen LogP contribution is -1.93. The minimum Gasteiger partial charge on any atom is -0.355 e. The lowest BCUT2D eigenvalue weighted by atomic mass is 10.0. The Labute approximate surface area is 227 Å². The molecule has 186 valence electrons. The summed E-state index contributed by atoms with van der Waals surface area (Å²) >= 11 is 3.79. The van der Waals surface area contributed by atoms with E-state index in [1.807, 2.05) is 50.4 Å². The zero-order valence-corrected chi connectivity index (χ0v) is 24.0. The van der Waals surface area contributed by atoms with Crippen molar-refractivity contribution in [3.63, 3.8) is 0 Å². The van der Waals surface area contributed by atoms with Crippen molar-refractivity contribution in [1.29, 1.82) is 0 Å². The van der Waals surface area contributed by atoms with Crippen molar-refractivity contribution in [1.82, 2.24) is 0 Å². The van der Waals surface area contributed by atoms with E-state index in [1.165, 1.54) is 67.9 Å². The fourth-order valence-corrected chi connectivity index (χ4v) is 7.31. The lowest BCUT2D eigenvalue weighted by molar-refractivity contribution is 1.37. The zero-order chi connectivity index (χ0) is 26.1. The van der Waals surface area contributed by atoms with Gasteiger partial charge in [0.15, 0.2) is 0 Å². The summed E-state index contributed by atoms with van der Waals surface area (Å²) in [7, 11) is 0. The summed E-state index contributed by atoms with van der Waals surface area (Å²) in [6.45, 7) is 12.3. The van der Waals surface area contributed by atoms with Crippen molar-refractivity contribution in [2.24, 2.45) is 0 Å². The second-order valence-corrected chi connectivity index (χ2v) is 11.0. The summed E-state index contributed by atoms with van der Waals surface area (Å²) in [5, 5.41) is 11.7. The molecule has 3 heteroatoms. The number of benzene rings is 5. The van der Waals surface area contributed by atoms with Crippen molar-refractivity contribution in [2.75, 3.05) is 5.32 Å². The van der Waals surface area contributed by atoms with Crippen molar-refractivity contribution < 1.29 is 0 Å². The lowest BCUT2D eigenvalue weighted by Gasteiger charge is -2.10. The second kappa shape index (κ2) is 10.5. The van der Waals surface area contributed by atoms with E-state index in [9.17, 15) is 0 Å². The van der Waals surface area contributed by atoms with Crippen LogP contribution in [0.1, 0.15) is 38.8 Å². The predicted molar refractivity (Wildman–Crippen MR) is 172 cm³/mol. The number of aryl methyl sites for hydroxylation is 2. The Morgan fingerprint density at radius 3 is 2.05 bits per heavy atom. The largest absolute Gasteiger partial charge is 0.355 e. The number of rotatable bonds is 2. The summed E-state index contributed by atoms with van der Waals surface area (Å²) in [6.07, 6.45) is 0. The predicted octanol–water partition coefficient (Wildman–Crippen LogP) is 12.0. The molecule has 7 rings (SSSR count). The minimum absolute atomic E-state index is 1.14. The van der Waals surface area contributed by atoms with Crippen LogP contribution in [0.5, 0.6) is 0 Å². The SMILES string of the molecule is CC.CC.Cc1ccc(Nc2ccc3c(c2)sc2cc4c(cc23)sc2ccc3ccccc3c24)c(C)c1. The number of hydrogen-bond donors (Lipinski definition) is 1. The van der Waals surface area contributed by atoms with Gasteiger partial charge in [-0.25, -0.2) is 0 Å². The van der Waals surface area contributed by atoms with Gasteiger partial charge in [0.1, 0.15) is 0 Å². The molecular weight excluding hydrogens is 487 g/mol. The van der Waals surface area contributed by atoms with Crippen LogP contribution in [0.15, 0.2) is 84.9 Å². The van der Waals surface area contributed by atoms with Crippen LogP contribution in [0.25, 0.3) is 51.1 Å². The third kappa shape index (κ3) is 4.47. The van der Waals surface area contributed by atoms with Gasteiger partial charge in [-0.3, -0.25) is 0 Å². The van der Waals surface area contributed by atoms with Gasteiger partial charge < -0.3 is 5.32 Å². The maximum Gasteiger partial charge on any atom is 0.0414 e. The highest BCUT2D eigenvalue weighted by Crippen LogP contribution is 2.44. The van der Waals surface area contributed by atoms with E-state index >= 15 is 0 Å². The number of thiophene rings is 2. The molecule has 0 atom stereocenters. The van der Waals surface area contributed by atoms with Gasteiger partial charge in [0.2, 0.25) is 0 Å². The van der Waals surface area contributed by atoms with E-state index in [-0.39, 0.29) is 0 Å². The van der Waals surface area contributed by atoms with Crippen molar-refractivity contribution >= 4 is 85.2 Å². The molecule has 1 nitrogen and oxygen atoms in total. The molecule has 0 saturated carbocycles. The molecule has 0 aliphatic rings. The van der Waals surface area contributed by atoms with Crippen LogP contribution >= 0.6 is 22.7 Å². The summed E-state index contributed by atoms with van der Waals surface area (Å²) < 4.78 is 5.41. The first kappa shape index (κ1) is 25.3. The monoisotopic (exact) mass is 519 g/mol. The molecule has 0 aliphatic heterocycles. The molecule has 0 saturated heterocycles. The van der Waals surface area contributed by atoms with Crippen molar-refractivity contribution in [2.45, 2.75) is 41.5 Å². The molecule has 0 amide bonds. The molecular formula is C34H33NS2. The topological polar surface area (TPSA) is 12.0 Å². The van der Waals surface area contributed by atoms with E-state index in [2.05, 4.69) is 104 Å². The van der Waals surface area contributed by atoms with Crippen LogP contribution in [0.4, 0.5) is 11.4 Å². The Morgan fingerprint density at radius 1 is 0.541 bits per heavy atom. The Balaban J connectivity index is 0.000000670. The van der Waals surface area contributed by atoms with Gasteiger partial charge in [-0.15, -0.1) is 22.7 Å². The fraction of sp³-hybridized carbons (Fsp3) is 0.176. The number of anilines is 2. The summed E-state index contributed by atoms with van der Waals surface area (Å²) in [5.74, 6) is 0. The van der Waals surface area contributed by atoms with Gasteiger partial charge >= 0.3 is 0 Å². The van der Waals surface area contributed by atoms with Gasteiger partial charge in [0, 0.05) is 51.7 Å². The maximum atomic E-state index is 3.62. The van der Waals surface area contributed by atoms with Gasteiger partial charge in [-0.2, -0.15) is 0 Å². The van der Waals surface area contributed by atoms with Gasteiger partial charge in [0.05, 0.1) is 0 Å². The molecule has 0 radical (unpaired) electrons. The number of hydrogen-bond acceptors (Lipinski definition) is 3. The molecule has 0 spiro atoms. The Bertz CT molecular complexity index is 1870. The molecule has 0 bridgehead atoms. The van der Waals surface area contributed by atoms with Crippen LogP contribution in [-0.2, 0) is 0 Å². The average molecular weight is 520 g/mol. The molecule has 1 N–H and O–H groups in total. The molecule has 2 aromatic heterocycles. The van der Waals surface area contributed by atoms with Crippen LogP contribution in [0.2, 0.25) is 0 Å². The van der Waals surface area contributed by atoms with Gasteiger partial charge in [0.25, 0.3) is 0 Å². The van der Waals surface area contributed by atoms with Crippen molar-refractivity contribution in [3.8, 4) is 0 Å². The Kier molecular flexibility index (Phi) is 7.19. The first-order chi connectivity index (χ1) is 18.1. The molecule has 0 unspecified atom stereocenters. The summed E-state index contributed by atoms with van der Waals surface area (Å²) in [4.78, 5) is 0. The minimum atomic E-state index is 1.14. The smallest absolute Gasteiger partial charge is 0.0414 e. The van der Waals surface area contributed by atoms with Crippen molar-refractivity contribution in [3.05, 3.63) is 96.1 Å². The third-order valence-electron chi connectivity index (χ3n) is 6.61. The van der Waals surface area contributed by atoms with E-state index in [0.717, 1.165) is 5.69 Å². The van der Waals surface area contributed by atoms with E-state index in [4.69, 9.17) is 0 Å². The number of fused-ring (bicyclic) bond motifs is 8. The third-order valence-corrected chi connectivity index (χ3v) is 8.85. The summed E-state index contributed by atoms with van der Waals surface area (Å²) in [5.41, 5.74) is 4.86. The molecule has 7 aromatic rings. The molecule has 0 aliphatic carbocycles. The van der Waals surface area contributed by atoms with Gasteiger partial charge in [-0.1, -0.05) is 81.8 Å². The highest BCUT2D eigenvalue weighted by molar-refractivity contribution is 7.27. The number of nitrogens with one attached hydrogen (secondary N) is 1. The molecule has 0 fully saturated rings. The standard InChI is InChI=1S/C30H21NS2.2C2H6/c1-17-7-11-25(18(2)13-17)31-20-9-10-22-23-15-29-24(16-28(23)33-27(22)14-20)30-21-6-4-3-5-19(21)8-12-26(30)32-29;2*1-2/h3-16,31H,1-2H3;2*1-2H3. The first-order valence-electron chi connectivity index (χ1n) is 13.2. The quantitative estimate of drug-likeness (QED) is 0.239. The first-order valence-corrected chi connectivity index (χ1v) is 14.8. The van der Waals surface area contributed by atoms with E-state index in [1.54, 1.807) is 0 Å². The maximum absolute atomic E-state index is 3.62. The second-order valence-electron chi connectivity index (χ2n) is 8.86. The van der Waals surface area contributed by atoms with E-state index in [0.29, 0.717) is 0 Å². The highest BCUT2D eigenvalue weighted by atomic mass is 32.1.